The second-order valence-corrected chi connectivity index (χ2v) is 13.6. The lowest BCUT2D eigenvalue weighted by Gasteiger charge is -2.27. The molecule has 278 valence electrons. The molecule has 0 radical (unpaired) electrons. The molecule has 2 amide bonds. The molecular formula is C41H73NO6. The number of unbranched alkanes of at least 4 members (excludes halogenated alkanes) is 22. The third-order valence-electron chi connectivity index (χ3n) is 9.07. The zero-order chi connectivity index (χ0) is 35.5. The third kappa shape index (κ3) is 28.6. The van der Waals surface area contributed by atoms with Crippen molar-refractivity contribution < 1.29 is 29.4 Å². The van der Waals surface area contributed by atoms with Crippen molar-refractivity contribution in [3.63, 3.8) is 0 Å². The average molecular weight is 676 g/mol. The van der Waals surface area contributed by atoms with Gasteiger partial charge in [-0.1, -0.05) is 141 Å². The minimum absolute atomic E-state index is 0.104. The van der Waals surface area contributed by atoms with Gasteiger partial charge >= 0.3 is 11.9 Å². The molecule has 1 atom stereocenters. The lowest BCUT2D eigenvalue weighted by Crippen LogP contribution is -2.48. The number of carboxylic acid groups (broad SMARTS) is 2. The van der Waals surface area contributed by atoms with E-state index in [2.05, 4.69) is 38.2 Å². The predicted molar refractivity (Wildman–Crippen MR) is 199 cm³/mol. The Hall–Kier alpha value is -2.44. The first kappa shape index (κ1) is 45.6. The molecule has 0 saturated carbocycles. The van der Waals surface area contributed by atoms with Crippen molar-refractivity contribution in [2.45, 2.75) is 213 Å². The van der Waals surface area contributed by atoms with Gasteiger partial charge in [0.1, 0.15) is 6.04 Å². The van der Waals surface area contributed by atoms with Crippen LogP contribution in [0.2, 0.25) is 0 Å². The molecule has 0 fully saturated rings. The van der Waals surface area contributed by atoms with E-state index in [1.54, 1.807) is 0 Å². The summed E-state index contributed by atoms with van der Waals surface area (Å²) < 4.78 is 0. The van der Waals surface area contributed by atoms with Gasteiger partial charge in [-0.15, -0.1) is 0 Å². The molecular weight excluding hydrogens is 602 g/mol. The van der Waals surface area contributed by atoms with Crippen LogP contribution in [0.25, 0.3) is 0 Å². The van der Waals surface area contributed by atoms with Crippen LogP contribution >= 0.6 is 0 Å². The summed E-state index contributed by atoms with van der Waals surface area (Å²) in [7, 11) is 0. The van der Waals surface area contributed by atoms with Crippen LogP contribution in [0.1, 0.15) is 206 Å². The molecule has 0 bridgehead atoms. The molecule has 0 spiro atoms. The van der Waals surface area contributed by atoms with Crippen molar-refractivity contribution in [3.8, 4) is 0 Å². The maximum atomic E-state index is 13.1. The van der Waals surface area contributed by atoms with E-state index in [9.17, 15) is 24.3 Å². The highest BCUT2D eigenvalue weighted by Gasteiger charge is 2.34. The number of aliphatic carboxylic acids is 2. The predicted octanol–water partition coefficient (Wildman–Crippen LogP) is 11.7. The Balaban J connectivity index is 4.40. The van der Waals surface area contributed by atoms with Gasteiger partial charge in [0.15, 0.2) is 0 Å². The fourth-order valence-corrected chi connectivity index (χ4v) is 6.04. The number of carbonyl (C=O) groups is 4. The molecule has 0 aromatic heterocycles. The minimum Gasteiger partial charge on any atom is -0.481 e. The fraction of sp³-hybridized carbons (Fsp3) is 0.805. The number of amides is 2. The van der Waals surface area contributed by atoms with Crippen LogP contribution in [0.5, 0.6) is 0 Å². The highest BCUT2D eigenvalue weighted by Crippen LogP contribution is 2.18. The lowest BCUT2D eigenvalue weighted by molar-refractivity contribution is -0.159. The van der Waals surface area contributed by atoms with Gasteiger partial charge in [0.2, 0.25) is 11.8 Å². The zero-order valence-electron chi connectivity index (χ0n) is 31.1. The average Bonchev–Trinajstić information content (AvgIpc) is 3.06. The molecule has 0 aliphatic heterocycles. The quantitative estimate of drug-likeness (QED) is 0.0510. The molecule has 0 aromatic rings. The summed E-state index contributed by atoms with van der Waals surface area (Å²) in [6.45, 7) is 4.48. The van der Waals surface area contributed by atoms with Crippen molar-refractivity contribution in [3.05, 3.63) is 24.3 Å². The number of rotatable bonds is 35. The van der Waals surface area contributed by atoms with Gasteiger partial charge in [0, 0.05) is 19.3 Å². The van der Waals surface area contributed by atoms with Crippen molar-refractivity contribution in [2.24, 2.45) is 0 Å². The molecule has 48 heavy (non-hydrogen) atoms. The first-order valence-corrected chi connectivity index (χ1v) is 19.9. The Morgan fingerprint density at radius 3 is 1.08 bits per heavy atom. The summed E-state index contributed by atoms with van der Waals surface area (Å²) in [4.78, 5) is 50.4. The number of carboxylic acids is 2. The number of hydrogen-bond donors (Lipinski definition) is 2. The van der Waals surface area contributed by atoms with E-state index in [1.165, 1.54) is 77.0 Å². The van der Waals surface area contributed by atoms with Crippen molar-refractivity contribution in [1.82, 2.24) is 4.90 Å². The molecule has 0 rings (SSSR count). The van der Waals surface area contributed by atoms with Crippen LogP contribution < -0.4 is 0 Å². The van der Waals surface area contributed by atoms with Gasteiger partial charge in [-0.2, -0.15) is 0 Å². The summed E-state index contributed by atoms with van der Waals surface area (Å²) in [5.41, 5.74) is 0. The lowest BCUT2D eigenvalue weighted by atomic mass is 10.0. The number of imide groups is 1. The molecule has 0 saturated heterocycles. The molecule has 2 N–H and O–H groups in total. The number of nitrogens with zero attached hydrogens (tertiary/aromatic N) is 1. The molecule has 0 unspecified atom stereocenters. The van der Waals surface area contributed by atoms with Gasteiger partial charge in [-0.3, -0.25) is 19.3 Å². The van der Waals surface area contributed by atoms with E-state index in [1.807, 2.05) is 0 Å². The highest BCUT2D eigenvalue weighted by atomic mass is 16.4. The number of hydrogen-bond acceptors (Lipinski definition) is 4. The Labute approximate surface area is 294 Å². The van der Waals surface area contributed by atoms with Gasteiger partial charge in [-0.05, 0) is 70.6 Å². The first-order valence-electron chi connectivity index (χ1n) is 19.9. The van der Waals surface area contributed by atoms with Crippen LogP contribution in [0.4, 0.5) is 0 Å². The van der Waals surface area contributed by atoms with E-state index in [4.69, 9.17) is 5.11 Å². The van der Waals surface area contributed by atoms with Crippen molar-refractivity contribution in [2.75, 3.05) is 0 Å². The Bertz CT molecular complexity index is 815. The maximum Gasteiger partial charge on any atom is 0.326 e. The fourth-order valence-electron chi connectivity index (χ4n) is 6.04. The van der Waals surface area contributed by atoms with Gasteiger partial charge in [0.25, 0.3) is 0 Å². The summed E-state index contributed by atoms with van der Waals surface area (Å²) in [5, 5.41) is 18.9. The van der Waals surface area contributed by atoms with Crippen LogP contribution in [0, 0.1) is 0 Å². The topological polar surface area (TPSA) is 112 Å². The van der Waals surface area contributed by atoms with E-state index >= 15 is 0 Å². The molecule has 0 aromatic carbocycles. The van der Waals surface area contributed by atoms with E-state index in [0.29, 0.717) is 12.8 Å². The van der Waals surface area contributed by atoms with Crippen LogP contribution in [-0.4, -0.2) is 44.9 Å². The SMILES string of the molecule is CCCCCCCC/C=C\CCCCCCCC(=O)N(C(=O)CCCCCCC/C=C\CCCCCCCC)[C@@H](CCC(=O)O)C(=O)O. The standard InChI is InChI=1S/C41H73NO6/c1-3-5-7-9-11-13-15-17-19-21-23-25-27-29-31-33-38(43)42(37(41(47)48)35-36-40(45)46)39(44)34-32-30-28-26-24-22-20-18-16-14-12-10-8-6-4-2/h17-20,37H,3-16,21-36H2,1-2H3,(H,45,46)(H,47,48)/b19-17-,20-18-/t37-/m0/s1. The zero-order valence-corrected chi connectivity index (χ0v) is 31.1. The Kier molecular flexibility index (Phi) is 32.7. The second-order valence-electron chi connectivity index (χ2n) is 13.6. The van der Waals surface area contributed by atoms with Crippen LogP contribution in [0.15, 0.2) is 24.3 Å². The molecule has 0 aliphatic carbocycles. The van der Waals surface area contributed by atoms with E-state index in [-0.39, 0.29) is 19.3 Å². The van der Waals surface area contributed by atoms with Crippen molar-refractivity contribution in [1.29, 1.82) is 0 Å². The number of carbonyl (C=O) groups excluding carboxylic acids is 2. The largest absolute Gasteiger partial charge is 0.481 e. The monoisotopic (exact) mass is 676 g/mol. The Morgan fingerprint density at radius 2 is 0.771 bits per heavy atom. The molecule has 0 aliphatic rings. The van der Waals surface area contributed by atoms with E-state index in [0.717, 1.165) is 81.9 Å². The van der Waals surface area contributed by atoms with Crippen LogP contribution in [-0.2, 0) is 19.2 Å². The maximum absolute atomic E-state index is 13.1. The van der Waals surface area contributed by atoms with E-state index < -0.39 is 36.2 Å². The summed E-state index contributed by atoms with van der Waals surface area (Å²) >= 11 is 0. The molecule has 7 heteroatoms. The molecule has 7 nitrogen and oxygen atoms in total. The van der Waals surface area contributed by atoms with Gasteiger partial charge in [0.05, 0.1) is 0 Å². The molecule has 0 heterocycles. The van der Waals surface area contributed by atoms with Crippen molar-refractivity contribution >= 4 is 23.8 Å². The second kappa shape index (κ2) is 34.4. The van der Waals surface area contributed by atoms with Gasteiger partial charge < -0.3 is 10.2 Å². The van der Waals surface area contributed by atoms with Crippen LogP contribution in [0.3, 0.4) is 0 Å². The third-order valence-corrected chi connectivity index (χ3v) is 9.07. The highest BCUT2D eigenvalue weighted by molar-refractivity contribution is 5.99. The summed E-state index contributed by atoms with van der Waals surface area (Å²) in [6, 6.07) is -1.44. The number of allylic oxidation sites excluding steroid dienone is 4. The first-order chi connectivity index (χ1) is 23.3. The summed E-state index contributed by atoms with van der Waals surface area (Å²) in [6.07, 6.45) is 38.1. The normalized spacial score (nSPS) is 12.2. The smallest absolute Gasteiger partial charge is 0.326 e. The Morgan fingerprint density at radius 1 is 0.458 bits per heavy atom. The van der Waals surface area contributed by atoms with Gasteiger partial charge in [-0.25, -0.2) is 4.79 Å². The minimum atomic E-state index is -1.44. The summed E-state index contributed by atoms with van der Waals surface area (Å²) in [5.74, 6) is -3.46.